The molecule has 6 heteroatoms. The maximum atomic E-state index is 16.7. The molecule has 1 N–H and O–H groups in total. The number of phenols is 1. The summed E-state index contributed by atoms with van der Waals surface area (Å²) >= 11 is 0. The first kappa shape index (κ1) is 24.0. The molecule has 3 aromatic rings. The number of allylic oxidation sites excluding steroid dienone is 3. The van der Waals surface area contributed by atoms with Crippen molar-refractivity contribution < 1.29 is 18.2 Å². The zero-order chi connectivity index (χ0) is 25.8. The molecule has 0 aliphatic carbocycles. The number of fused-ring (bicyclic) bond motifs is 2. The molecule has 3 nitrogen and oxygen atoms in total. The van der Waals surface area contributed by atoms with Gasteiger partial charge in [-0.25, -0.2) is 0 Å². The summed E-state index contributed by atoms with van der Waals surface area (Å²) in [6, 6.07) is 16.7. The molecule has 5 rings (SSSR count). The van der Waals surface area contributed by atoms with E-state index >= 15 is 8.63 Å². The third-order valence-electron chi connectivity index (χ3n) is 7.66. The standard InChI is InChI=1S/C30H31BF2N2O/c1-6-25-19(3)29-28(23-11-9-8-10-12-23)30-20(4)26(7-2)27(18-15-22-13-16-24(36)17-14-22)35(30)31(32,33)34(29)21(25)5/h8-18,36H,6-7H2,1-5H3/b18-15+. The van der Waals surface area contributed by atoms with E-state index < -0.39 is 6.97 Å². The number of aromatic nitrogens is 1. The molecule has 0 spiro atoms. The van der Waals surface area contributed by atoms with Crippen LogP contribution in [0.15, 0.2) is 77.5 Å². The molecule has 0 atom stereocenters. The second kappa shape index (κ2) is 8.77. The van der Waals surface area contributed by atoms with E-state index in [2.05, 4.69) is 0 Å². The highest BCUT2D eigenvalue weighted by molar-refractivity contribution is 6.58. The Labute approximate surface area is 211 Å². The molecular weight excluding hydrogens is 453 g/mol. The first-order valence-electron chi connectivity index (χ1n) is 12.6. The maximum Gasteiger partial charge on any atom is 0.737 e. The lowest BCUT2D eigenvalue weighted by Crippen LogP contribution is -2.51. The molecule has 0 radical (unpaired) electrons. The van der Waals surface area contributed by atoms with E-state index in [0.29, 0.717) is 35.6 Å². The van der Waals surface area contributed by atoms with E-state index in [1.54, 1.807) is 30.3 Å². The van der Waals surface area contributed by atoms with E-state index in [1.807, 2.05) is 71.0 Å². The Bertz CT molecular complexity index is 1490. The summed E-state index contributed by atoms with van der Waals surface area (Å²) in [4.78, 5) is 0. The molecule has 184 valence electrons. The molecule has 2 aliphatic heterocycles. The van der Waals surface area contributed by atoms with Crippen LogP contribution in [0.2, 0.25) is 0 Å². The molecule has 0 bridgehead atoms. The average Bonchev–Trinajstić information content (AvgIpc) is 3.30. The van der Waals surface area contributed by atoms with Gasteiger partial charge in [-0.1, -0.05) is 56.3 Å². The van der Waals surface area contributed by atoms with Crippen molar-refractivity contribution in [3.8, 4) is 5.75 Å². The molecule has 0 amide bonds. The quantitative estimate of drug-likeness (QED) is 0.379. The van der Waals surface area contributed by atoms with Gasteiger partial charge in [0.05, 0.1) is 5.57 Å². The predicted molar refractivity (Wildman–Crippen MR) is 145 cm³/mol. The topological polar surface area (TPSA) is 28.2 Å². The molecule has 2 aliphatic rings. The Morgan fingerprint density at radius 3 is 2.19 bits per heavy atom. The molecule has 1 aromatic heterocycles. The van der Waals surface area contributed by atoms with Crippen LogP contribution in [0.5, 0.6) is 5.75 Å². The highest BCUT2D eigenvalue weighted by Gasteiger charge is 2.57. The fraction of sp³-hybridized carbons (Fsp3) is 0.233. The van der Waals surface area contributed by atoms with Gasteiger partial charge in [0.15, 0.2) is 11.4 Å². The lowest BCUT2D eigenvalue weighted by molar-refractivity contribution is -0.362. The number of nitrogens with zero attached hydrogens (tertiary/aromatic N) is 2. The predicted octanol–water partition coefficient (Wildman–Crippen LogP) is 7.28. The summed E-state index contributed by atoms with van der Waals surface area (Å²) in [6.07, 6.45) is 4.99. The molecule has 0 saturated heterocycles. The van der Waals surface area contributed by atoms with Gasteiger partial charge in [0.1, 0.15) is 5.75 Å². The van der Waals surface area contributed by atoms with Crippen LogP contribution in [0.4, 0.5) is 8.63 Å². The summed E-state index contributed by atoms with van der Waals surface area (Å²) in [6.45, 7) is 5.69. The molecule has 36 heavy (non-hydrogen) atoms. The van der Waals surface area contributed by atoms with E-state index in [0.717, 1.165) is 39.0 Å². The second-order valence-corrected chi connectivity index (χ2v) is 9.58. The van der Waals surface area contributed by atoms with Gasteiger partial charge in [-0.05, 0) is 79.8 Å². The summed E-state index contributed by atoms with van der Waals surface area (Å²) in [5.41, 5.74) is 8.77. The number of hydrogen-bond acceptors (Lipinski definition) is 1. The lowest BCUT2D eigenvalue weighted by Gasteiger charge is -2.34. The van der Waals surface area contributed by atoms with Crippen LogP contribution in [0.25, 0.3) is 11.6 Å². The Morgan fingerprint density at radius 2 is 1.58 bits per heavy atom. The third-order valence-corrected chi connectivity index (χ3v) is 7.66. The zero-order valence-electron chi connectivity index (χ0n) is 21.4. The maximum absolute atomic E-state index is 16.7. The third kappa shape index (κ3) is 3.42. The van der Waals surface area contributed by atoms with Crippen LogP contribution in [0.3, 0.4) is 0 Å². The highest BCUT2D eigenvalue weighted by Crippen LogP contribution is 2.47. The Morgan fingerprint density at radius 1 is 0.917 bits per heavy atom. The van der Waals surface area contributed by atoms with Crippen molar-refractivity contribution in [1.29, 1.82) is 0 Å². The average molecular weight is 484 g/mol. The SMILES string of the molecule is CCC1=C(C)C2=C(c3ccccc3)c3c(C)c(CC)c(C)n3[B-](F)(F)[N+]2=C1/C=C/c1ccc(O)cc1. The molecular formula is C30H31BF2N2O. The van der Waals surface area contributed by atoms with E-state index in [-0.39, 0.29) is 5.75 Å². The summed E-state index contributed by atoms with van der Waals surface area (Å²) in [5.74, 6) is 0.173. The van der Waals surface area contributed by atoms with Crippen LogP contribution in [-0.4, -0.2) is 26.8 Å². The zero-order valence-corrected chi connectivity index (χ0v) is 21.4. The fourth-order valence-electron chi connectivity index (χ4n) is 6.03. The van der Waals surface area contributed by atoms with Crippen LogP contribution in [-0.2, 0) is 6.42 Å². The van der Waals surface area contributed by atoms with Crippen LogP contribution < -0.4 is 0 Å². The second-order valence-electron chi connectivity index (χ2n) is 9.58. The van der Waals surface area contributed by atoms with Gasteiger partial charge in [-0.2, -0.15) is 0 Å². The summed E-state index contributed by atoms with van der Waals surface area (Å²) in [7, 11) is 0. The van der Waals surface area contributed by atoms with E-state index in [4.69, 9.17) is 0 Å². The number of hydrogen-bond donors (Lipinski definition) is 1. The summed E-state index contributed by atoms with van der Waals surface area (Å²) in [5, 5.41) is 9.62. The Kier molecular flexibility index (Phi) is 5.86. The minimum absolute atomic E-state index is 0.173. The molecule has 0 saturated carbocycles. The van der Waals surface area contributed by atoms with Crippen molar-refractivity contribution >= 4 is 24.3 Å². The Hall–Kier alpha value is -3.67. The first-order valence-corrected chi connectivity index (χ1v) is 12.6. The number of aromatic hydroxyl groups is 1. The monoisotopic (exact) mass is 484 g/mol. The molecule has 0 unspecified atom stereocenters. The van der Waals surface area contributed by atoms with Gasteiger partial charge in [-0.3, -0.25) is 0 Å². The van der Waals surface area contributed by atoms with E-state index in [9.17, 15) is 5.11 Å². The van der Waals surface area contributed by atoms with Crippen LogP contribution in [0, 0.1) is 13.8 Å². The molecule has 0 fully saturated rings. The number of phenolic OH excluding ortho intramolecular Hbond substituents is 1. The van der Waals surface area contributed by atoms with E-state index in [1.165, 1.54) is 8.96 Å². The molecule has 3 heterocycles. The van der Waals surface area contributed by atoms with Crippen molar-refractivity contribution in [3.63, 3.8) is 0 Å². The highest BCUT2D eigenvalue weighted by atomic mass is 19.2. The Balaban J connectivity index is 1.88. The molecule has 2 aromatic carbocycles. The smallest absolute Gasteiger partial charge is 0.508 e. The largest absolute Gasteiger partial charge is 0.737 e. The minimum Gasteiger partial charge on any atom is -0.508 e. The van der Waals surface area contributed by atoms with Crippen molar-refractivity contribution in [2.75, 3.05) is 0 Å². The first-order chi connectivity index (χ1) is 17.2. The summed E-state index contributed by atoms with van der Waals surface area (Å²) < 4.78 is 36.1. The van der Waals surface area contributed by atoms with Crippen molar-refractivity contribution in [1.82, 2.24) is 4.48 Å². The minimum atomic E-state index is -4.13. The van der Waals surface area contributed by atoms with Crippen LogP contribution >= 0.6 is 0 Å². The van der Waals surface area contributed by atoms with Gasteiger partial charge in [0.2, 0.25) is 0 Å². The van der Waals surface area contributed by atoms with Gasteiger partial charge >= 0.3 is 6.97 Å². The lowest BCUT2D eigenvalue weighted by atomic mass is 9.83. The fourth-order valence-corrected chi connectivity index (χ4v) is 6.03. The number of benzene rings is 2. The van der Waals surface area contributed by atoms with Gasteiger partial charge in [0, 0.05) is 22.9 Å². The van der Waals surface area contributed by atoms with Gasteiger partial charge in [0.25, 0.3) is 0 Å². The number of rotatable bonds is 5. The van der Waals surface area contributed by atoms with Gasteiger partial charge < -0.3 is 22.7 Å². The van der Waals surface area contributed by atoms with Crippen molar-refractivity contribution in [2.45, 2.75) is 47.5 Å². The van der Waals surface area contributed by atoms with Crippen molar-refractivity contribution in [2.24, 2.45) is 0 Å². The van der Waals surface area contributed by atoms with Crippen LogP contribution in [0.1, 0.15) is 60.8 Å². The van der Waals surface area contributed by atoms with Crippen molar-refractivity contribution in [3.05, 3.63) is 111 Å². The number of halogens is 2. The van der Waals surface area contributed by atoms with Gasteiger partial charge in [-0.15, -0.1) is 0 Å². The normalized spacial score (nSPS) is 16.9.